The molecule has 0 saturated heterocycles. The van der Waals surface area contributed by atoms with E-state index in [0.717, 1.165) is 28.2 Å². The molecule has 0 aliphatic carbocycles. The van der Waals surface area contributed by atoms with Crippen molar-refractivity contribution in [2.75, 3.05) is 0 Å². The minimum Gasteiger partial charge on any atom is -0.353 e. The molecule has 20 heavy (non-hydrogen) atoms. The van der Waals surface area contributed by atoms with E-state index >= 15 is 0 Å². The zero-order valence-electron chi connectivity index (χ0n) is 10.5. The molecule has 96 valence electrons. The summed E-state index contributed by atoms with van der Waals surface area (Å²) in [5.41, 5.74) is 4.79. The maximum Gasteiger partial charge on any atom is 0.115 e. The fourth-order valence-corrected chi connectivity index (χ4v) is 2.26. The van der Waals surface area contributed by atoms with Gasteiger partial charge < -0.3 is 4.98 Å². The predicted molar refractivity (Wildman–Crippen MR) is 76.9 cm³/mol. The molecule has 0 amide bonds. The SMILES string of the molecule is c1ccc2[nH]c(-c3cc(-c4cncnc4)[nH]n3)cc2c1. The Morgan fingerprint density at radius 2 is 1.75 bits per heavy atom. The fourth-order valence-electron chi connectivity index (χ4n) is 2.26. The van der Waals surface area contributed by atoms with Crippen LogP contribution in [-0.4, -0.2) is 25.1 Å². The van der Waals surface area contributed by atoms with E-state index in [1.165, 1.54) is 11.7 Å². The van der Waals surface area contributed by atoms with E-state index in [1.807, 2.05) is 18.2 Å². The van der Waals surface area contributed by atoms with Crippen molar-refractivity contribution in [3.05, 3.63) is 55.1 Å². The molecule has 2 N–H and O–H groups in total. The van der Waals surface area contributed by atoms with E-state index in [1.54, 1.807) is 12.4 Å². The maximum absolute atomic E-state index is 4.35. The summed E-state index contributed by atoms with van der Waals surface area (Å²) in [5.74, 6) is 0. The monoisotopic (exact) mass is 261 g/mol. The number of benzene rings is 1. The van der Waals surface area contributed by atoms with Gasteiger partial charge in [0.25, 0.3) is 0 Å². The molecule has 0 bridgehead atoms. The summed E-state index contributed by atoms with van der Waals surface area (Å²) in [4.78, 5) is 11.4. The van der Waals surface area contributed by atoms with Crippen LogP contribution >= 0.6 is 0 Å². The van der Waals surface area contributed by atoms with Crippen LogP contribution in [0.3, 0.4) is 0 Å². The lowest BCUT2D eigenvalue weighted by molar-refractivity contribution is 1.08. The third-order valence-electron chi connectivity index (χ3n) is 3.26. The van der Waals surface area contributed by atoms with Gasteiger partial charge in [0.05, 0.1) is 11.4 Å². The Morgan fingerprint density at radius 1 is 0.900 bits per heavy atom. The fraction of sp³-hybridized carbons (Fsp3) is 0. The van der Waals surface area contributed by atoms with Gasteiger partial charge in [-0.1, -0.05) is 18.2 Å². The van der Waals surface area contributed by atoms with E-state index < -0.39 is 0 Å². The molecule has 0 unspecified atom stereocenters. The highest BCUT2D eigenvalue weighted by Crippen LogP contribution is 2.25. The number of fused-ring (bicyclic) bond motifs is 1. The van der Waals surface area contributed by atoms with Crippen LogP contribution in [-0.2, 0) is 0 Å². The van der Waals surface area contributed by atoms with Crippen LogP contribution in [0.1, 0.15) is 0 Å². The smallest absolute Gasteiger partial charge is 0.115 e. The number of hydrogen-bond donors (Lipinski definition) is 2. The molecule has 5 nitrogen and oxygen atoms in total. The third-order valence-corrected chi connectivity index (χ3v) is 3.26. The molecule has 5 heteroatoms. The van der Waals surface area contributed by atoms with E-state index in [2.05, 4.69) is 43.3 Å². The number of aromatic amines is 2. The quantitative estimate of drug-likeness (QED) is 0.582. The third kappa shape index (κ3) is 1.76. The number of nitrogens with one attached hydrogen (secondary N) is 2. The van der Waals surface area contributed by atoms with E-state index in [9.17, 15) is 0 Å². The van der Waals surface area contributed by atoms with Crippen molar-refractivity contribution in [3.8, 4) is 22.6 Å². The minimum atomic E-state index is 0.875. The van der Waals surface area contributed by atoms with Crippen LogP contribution in [0, 0.1) is 0 Å². The second kappa shape index (κ2) is 4.31. The number of nitrogens with zero attached hydrogens (tertiary/aromatic N) is 3. The van der Waals surface area contributed by atoms with Crippen molar-refractivity contribution >= 4 is 10.9 Å². The molecule has 1 aromatic carbocycles. The lowest BCUT2D eigenvalue weighted by Gasteiger charge is -1.92. The van der Waals surface area contributed by atoms with Crippen LogP contribution in [0.4, 0.5) is 0 Å². The van der Waals surface area contributed by atoms with Crippen molar-refractivity contribution in [1.82, 2.24) is 25.1 Å². The zero-order valence-corrected chi connectivity index (χ0v) is 10.5. The van der Waals surface area contributed by atoms with Gasteiger partial charge in [-0.15, -0.1) is 0 Å². The first-order chi connectivity index (χ1) is 9.90. The van der Waals surface area contributed by atoms with Crippen LogP contribution in [0.15, 0.2) is 55.1 Å². The summed E-state index contributed by atoms with van der Waals surface area (Å²) < 4.78 is 0. The Balaban J connectivity index is 1.78. The average Bonchev–Trinajstić information content (AvgIpc) is 3.14. The minimum absolute atomic E-state index is 0.875. The molecule has 3 aromatic heterocycles. The van der Waals surface area contributed by atoms with Crippen molar-refractivity contribution in [2.24, 2.45) is 0 Å². The predicted octanol–water partition coefficient (Wildman–Crippen LogP) is 3.02. The van der Waals surface area contributed by atoms with E-state index in [0.29, 0.717) is 0 Å². The van der Waals surface area contributed by atoms with Gasteiger partial charge in [0.15, 0.2) is 0 Å². The standard InChI is InChI=1S/C15H11N5/c1-2-4-12-10(3-1)5-14(18-12)15-6-13(19-20-15)11-7-16-9-17-8-11/h1-9,18H,(H,19,20). The Hall–Kier alpha value is -2.95. The Morgan fingerprint density at radius 3 is 2.60 bits per heavy atom. The van der Waals surface area contributed by atoms with Crippen molar-refractivity contribution in [2.45, 2.75) is 0 Å². The largest absolute Gasteiger partial charge is 0.353 e. The van der Waals surface area contributed by atoms with Crippen LogP contribution in [0.2, 0.25) is 0 Å². The highest BCUT2D eigenvalue weighted by atomic mass is 15.1. The van der Waals surface area contributed by atoms with Gasteiger partial charge in [-0.2, -0.15) is 5.10 Å². The highest BCUT2D eigenvalue weighted by Gasteiger charge is 2.08. The van der Waals surface area contributed by atoms with E-state index in [-0.39, 0.29) is 0 Å². The topological polar surface area (TPSA) is 70.2 Å². The lowest BCUT2D eigenvalue weighted by atomic mass is 10.2. The first kappa shape index (κ1) is 10.9. The van der Waals surface area contributed by atoms with Gasteiger partial charge >= 0.3 is 0 Å². The van der Waals surface area contributed by atoms with Gasteiger partial charge in [-0.25, -0.2) is 9.97 Å². The summed E-state index contributed by atoms with van der Waals surface area (Å²) in [6.45, 7) is 0. The first-order valence-electron chi connectivity index (χ1n) is 6.29. The van der Waals surface area contributed by atoms with Gasteiger partial charge in [0, 0.05) is 28.9 Å². The Labute approximate surface area is 114 Å². The molecule has 0 radical (unpaired) electrons. The van der Waals surface area contributed by atoms with Crippen molar-refractivity contribution < 1.29 is 0 Å². The van der Waals surface area contributed by atoms with Gasteiger partial charge in [-0.3, -0.25) is 5.10 Å². The summed E-state index contributed by atoms with van der Waals surface area (Å²) in [7, 11) is 0. The summed E-state index contributed by atoms with van der Waals surface area (Å²) in [5, 5.41) is 8.54. The zero-order chi connectivity index (χ0) is 13.4. The molecule has 0 aliphatic rings. The molecule has 0 fully saturated rings. The normalized spacial score (nSPS) is 11.0. The molecule has 0 spiro atoms. The van der Waals surface area contributed by atoms with Gasteiger partial charge in [0.2, 0.25) is 0 Å². The molecule has 4 aromatic rings. The Kier molecular flexibility index (Phi) is 2.35. The van der Waals surface area contributed by atoms with Crippen molar-refractivity contribution in [1.29, 1.82) is 0 Å². The van der Waals surface area contributed by atoms with Gasteiger partial charge in [-0.05, 0) is 18.2 Å². The first-order valence-corrected chi connectivity index (χ1v) is 6.29. The number of hydrogen-bond acceptors (Lipinski definition) is 3. The van der Waals surface area contributed by atoms with E-state index in [4.69, 9.17) is 0 Å². The second-order valence-electron chi connectivity index (χ2n) is 4.56. The molecule has 0 saturated carbocycles. The summed E-state index contributed by atoms with van der Waals surface area (Å²) in [6.07, 6.45) is 5.03. The maximum atomic E-state index is 4.35. The summed E-state index contributed by atoms with van der Waals surface area (Å²) >= 11 is 0. The van der Waals surface area contributed by atoms with Gasteiger partial charge in [0.1, 0.15) is 12.0 Å². The Bertz CT molecular complexity index is 827. The molecule has 0 atom stereocenters. The van der Waals surface area contributed by atoms with Crippen LogP contribution in [0.5, 0.6) is 0 Å². The van der Waals surface area contributed by atoms with Crippen LogP contribution in [0.25, 0.3) is 33.5 Å². The molecule has 3 heterocycles. The molecule has 4 rings (SSSR count). The summed E-state index contributed by atoms with van der Waals surface area (Å²) in [6, 6.07) is 12.3. The number of H-pyrrole nitrogens is 2. The highest BCUT2D eigenvalue weighted by molar-refractivity contribution is 5.85. The number of para-hydroxylation sites is 1. The molecular formula is C15H11N5. The van der Waals surface area contributed by atoms with Crippen LogP contribution < -0.4 is 0 Å². The second-order valence-corrected chi connectivity index (χ2v) is 4.56. The molecular weight excluding hydrogens is 250 g/mol. The lowest BCUT2D eigenvalue weighted by Crippen LogP contribution is -1.81. The van der Waals surface area contributed by atoms with Crippen molar-refractivity contribution in [3.63, 3.8) is 0 Å². The number of rotatable bonds is 2. The molecule has 0 aliphatic heterocycles. The average molecular weight is 261 g/mol. The number of aromatic nitrogens is 5.